The molecule has 0 atom stereocenters. The van der Waals surface area contributed by atoms with Gasteiger partial charge in [0.15, 0.2) is 17.3 Å². The summed E-state index contributed by atoms with van der Waals surface area (Å²) in [5.74, 6) is -0.856. The average molecular weight is 289 g/mol. The van der Waals surface area contributed by atoms with E-state index < -0.39 is 11.6 Å². The van der Waals surface area contributed by atoms with Gasteiger partial charge in [0.25, 0.3) is 0 Å². The lowest BCUT2D eigenvalue weighted by atomic mass is 10.1. The maximum absolute atomic E-state index is 13.4. The zero-order valence-electron chi connectivity index (χ0n) is 11.5. The van der Waals surface area contributed by atoms with Gasteiger partial charge in [-0.2, -0.15) is 0 Å². The Hall–Kier alpha value is -2.70. The van der Waals surface area contributed by atoms with E-state index in [1.165, 1.54) is 0 Å². The number of pyridine rings is 1. The molecule has 2 heterocycles. The average Bonchev–Trinajstić information content (AvgIpc) is 2.85. The van der Waals surface area contributed by atoms with Gasteiger partial charge in [0, 0.05) is 31.4 Å². The Labute approximate surface area is 119 Å². The Kier molecular flexibility index (Phi) is 2.97. The lowest BCUT2D eigenvalue weighted by molar-refractivity contribution is 0.509. The van der Waals surface area contributed by atoms with Gasteiger partial charge in [-0.05, 0) is 18.2 Å². The molecule has 0 fully saturated rings. The summed E-state index contributed by atoms with van der Waals surface area (Å²) >= 11 is 0. The maximum Gasteiger partial charge on any atom is 0.180 e. The first kappa shape index (κ1) is 13.3. The molecular weight excluding hydrogens is 276 g/mol. The molecular formula is C14H13F2N5. The molecule has 0 spiro atoms. The number of anilines is 2. The summed E-state index contributed by atoms with van der Waals surface area (Å²) in [5, 5.41) is 0. The number of hydrogen-bond acceptors (Lipinski definition) is 4. The molecule has 3 aromatic rings. The number of imidazole rings is 1. The normalized spacial score (nSPS) is 11.0. The Bertz CT molecular complexity index is 826. The van der Waals surface area contributed by atoms with Crippen molar-refractivity contribution in [2.75, 3.05) is 24.7 Å². The van der Waals surface area contributed by atoms with E-state index in [-0.39, 0.29) is 5.69 Å². The predicted octanol–water partition coefficient (Wildman–Crippen LogP) is 2.55. The van der Waals surface area contributed by atoms with Crippen molar-refractivity contribution in [3.05, 3.63) is 35.9 Å². The molecule has 0 aliphatic rings. The van der Waals surface area contributed by atoms with E-state index in [9.17, 15) is 8.78 Å². The highest BCUT2D eigenvalue weighted by molar-refractivity contribution is 5.81. The van der Waals surface area contributed by atoms with Crippen molar-refractivity contribution in [1.29, 1.82) is 0 Å². The molecule has 5 nitrogen and oxygen atoms in total. The minimum Gasteiger partial charge on any atom is -0.398 e. The molecule has 0 bridgehead atoms. The molecule has 0 unspecified atom stereocenters. The van der Waals surface area contributed by atoms with E-state index in [1.54, 1.807) is 0 Å². The minimum absolute atomic E-state index is 0.112. The number of nitrogens with zero attached hydrogens (tertiary/aromatic N) is 3. The van der Waals surface area contributed by atoms with Crippen LogP contribution >= 0.6 is 0 Å². The summed E-state index contributed by atoms with van der Waals surface area (Å²) in [7, 11) is 3.74. The highest BCUT2D eigenvalue weighted by Crippen LogP contribution is 2.28. The predicted molar refractivity (Wildman–Crippen MR) is 78.0 cm³/mol. The highest BCUT2D eigenvalue weighted by atomic mass is 19.2. The van der Waals surface area contributed by atoms with Gasteiger partial charge >= 0.3 is 0 Å². The van der Waals surface area contributed by atoms with Crippen molar-refractivity contribution in [2.24, 2.45) is 0 Å². The quantitative estimate of drug-likeness (QED) is 0.711. The van der Waals surface area contributed by atoms with E-state index in [0.717, 1.165) is 18.0 Å². The van der Waals surface area contributed by atoms with Gasteiger partial charge < -0.3 is 15.6 Å². The van der Waals surface area contributed by atoms with E-state index in [1.807, 2.05) is 31.1 Å². The number of hydrogen-bond donors (Lipinski definition) is 2. The fourth-order valence-electron chi connectivity index (χ4n) is 2.03. The molecule has 0 saturated heterocycles. The molecule has 0 saturated carbocycles. The number of benzene rings is 1. The molecule has 7 heteroatoms. The molecule has 0 radical (unpaired) electrons. The zero-order chi connectivity index (χ0) is 15.1. The largest absolute Gasteiger partial charge is 0.398 e. The van der Waals surface area contributed by atoms with Crippen molar-refractivity contribution in [3.63, 3.8) is 0 Å². The van der Waals surface area contributed by atoms with Crippen LogP contribution in [0, 0.1) is 11.6 Å². The van der Waals surface area contributed by atoms with Gasteiger partial charge in [-0.3, -0.25) is 0 Å². The summed E-state index contributed by atoms with van der Waals surface area (Å²) in [6.07, 6.45) is 0. The summed E-state index contributed by atoms with van der Waals surface area (Å²) in [5.41, 5.74) is 7.32. The Morgan fingerprint density at radius 3 is 2.52 bits per heavy atom. The number of nitrogen functional groups attached to an aromatic ring is 1. The lowest BCUT2D eigenvalue weighted by Crippen LogP contribution is -2.10. The second-order valence-electron chi connectivity index (χ2n) is 4.87. The molecule has 3 N–H and O–H groups in total. The molecule has 3 rings (SSSR count). The summed E-state index contributed by atoms with van der Waals surface area (Å²) in [4.78, 5) is 13.5. The first-order valence-electron chi connectivity index (χ1n) is 6.24. The number of aromatic amines is 1. The van der Waals surface area contributed by atoms with Crippen molar-refractivity contribution < 1.29 is 8.78 Å². The molecule has 2 aromatic heterocycles. The third-order valence-corrected chi connectivity index (χ3v) is 3.14. The number of H-pyrrole nitrogens is 1. The Balaban J connectivity index is 2.15. The van der Waals surface area contributed by atoms with Gasteiger partial charge in [0.1, 0.15) is 11.6 Å². The highest BCUT2D eigenvalue weighted by Gasteiger charge is 2.14. The van der Waals surface area contributed by atoms with Crippen molar-refractivity contribution >= 4 is 22.7 Å². The van der Waals surface area contributed by atoms with Crippen molar-refractivity contribution in [1.82, 2.24) is 15.0 Å². The summed E-state index contributed by atoms with van der Waals surface area (Å²) in [6.45, 7) is 0. The number of aromatic nitrogens is 3. The monoisotopic (exact) mass is 289 g/mol. The van der Waals surface area contributed by atoms with Gasteiger partial charge in [-0.1, -0.05) is 0 Å². The molecule has 108 valence electrons. The second-order valence-corrected chi connectivity index (χ2v) is 4.87. The van der Waals surface area contributed by atoms with Crippen LogP contribution < -0.4 is 10.6 Å². The number of fused-ring (bicyclic) bond motifs is 1. The first-order chi connectivity index (χ1) is 9.95. The smallest absolute Gasteiger partial charge is 0.180 e. The van der Waals surface area contributed by atoms with Gasteiger partial charge in [-0.15, -0.1) is 0 Å². The standard InChI is InChI=1S/C14H13F2N5/c1-21(2)12-4-3-11-14(19-12)20-13(18-11)7-5-8(15)9(16)6-10(7)17/h3-6H,17H2,1-2H3,(H,18,19,20). The van der Waals surface area contributed by atoms with E-state index in [2.05, 4.69) is 15.0 Å². The van der Waals surface area contributed by atoms with Crippen LogP contribution in [0.25, 0.3) is 22.6 Å². The third-order valence-electron chi connectivity index (χ3n) is 3.14. The maximum atomic E-state index is 13.4. The topological polar surface area (TPSA) is 70.8 Å². The number of rotatable bonds is 2. The van der Waals surface area contributed by atoms with Crippen LogP contribution in [0.4, 0.5) is 20.3 Å². The van der Waals surface area contributed by atoms with Crippen LogP contribution in [-0.4, -0.2) is 29.0 Å². The number of nitrogens with one attached hydrogen (secondary N) is 1. The molecule has 21 heavy (non-hydrogen) atoms. The van der Waals surface area contributed by atoms with Crippen molar-refractivity contribution in [2.45, 2.75) is 0 Å². The van der Waals surface area contributed by atoms with Crippen molar-refractivity contribution in [3.8, 4) is 11.4 Å². The fraction of sp³-hybridized carbons (Fsp3) is 0.143. The SMILES string of the molecule is CN(C)c1ccc2[nH]c(-c3cc(F)c(F)cc3N)nc2n1. The molecule has 0 aliphatic carbocycles. The third kappa shape index (κ3) is 2.26. The van der Waals surface area contributed by atoms with Crippen LogP contribution in [-0.2, 0) is 0 Å². The number of halogens is 2. The van der Waals surface area contributed by atoms with E-state index in [0.29, 0.717) is 22.6 Å². The first-order valence-corrected chi connectivity index (χ1v) is 6.24. The van der Waals surface area contributed by atoms with Crippen LogP contribution in [0.2, 0.25) is 0 Å². The summed E-state index contributed by atoms with van der Waals surface area (Å²) < 4.78 is 26.5. The Morgan fingerprint density at radius 1 is 1.10 bits per heavy atom. The molecule has 0 aliphatic heterocycles. The molecule has 1 aromatic carbocycles. The molecule has 0 amide bonds. The van der Waals surface area contributed by atoms with Crippen LogP contribution in [0.1, 0.15) is 0 Å². The van der Waals surface area contributed by atoms with Crippen LogP contribution in [0.5, 0.6) is 0 Å². The fourth-order valence-corrected chi connectivity index (χ4v) is 2.03. The lowest BCUT2D eigenvalue weighted by Gasteiger charge is -2.09. The van der Waals surface area contributed by atoms with Crippen LogP contribution in [0.15, 0.2) is 24.3 Å². The zero-order valence-corrected chi connectivity index (χ0v) is 11.5. The van der Waals surface area contributed by atoms with E-state index >= 15 is 0 Å². The summed E-state index contributed by atoms with van der Waals surface area (Å²) in [6, 6.07) is 5.62. The Morgan fingerprint density at radius 2 is 1.81 bits per heavy atom. The second kappa shape index (κ2) is 4.69. The number of nitrogens with two attached hydrogens (primary N) is 1. The van der Waals surface area contributed by atoms with E-state index in [4.69, 9.17) is 5.73 Å². The van der Waals surface area contributed by atoms with Crippen LogP contribution in [0.3, 0.4) is 0 Å². The minimum atomic E-state index is -0.986. The van der Waals surface area contributed by atoms with Gasteiger partial charge in [0.2, 0.25) is 0 Å². The van der Waals surface area contributed by atoms with Gasteiger partial charge in [0.05, 0.1) is 5.52 Å². The van der Waals surface area contributed by atoms with Gasteiger partial charge in [-0.25, -0.2) is 18.7 Å².